The van der Waals surface area contributed by atoms with Crippen LogP contribution in [0.1, 0.15) is 24.7 Å². The number of aryl methyl sites for hydroxylation is 1. The molecular formula is C14H18Br3N2+. The topological polar surface area (TPSA) is 8.81 Å². The standard InChI is InChI=1S/C14H17Br2N2.BrH/c1-3-4-17-5-6-18(11(17)2)10-12-7-13(15)9-14(16)8-12;/h5-9H,3-4,10H2,1-2H3;1H/q+1;. The molecule has 0 atom stereocenters. The first-order chi connectivity index (χ1) is 8.60. The van der Waals surface area contributed by atoms with E-state index in [-0.39, 0.29) is 17.0 Å². The maximum Gasteiger partial charge on any atom is 0.253 e. The molecular weight excluding hydrogens is 436 g/mol. The Morgan fingerprint density at radius 1 is 1.16 bits per heavy atom. The van der Waals surface area contributed by atoms with Gasteiger partial charge >= 0.3 is 0 Å². The Bertz CT molecular complexity index is 529. The number of aromatic nitrogens is 2. The van der Waals surface area contributed by atoms with Gasteiger partial charge in [0.2, 0.25) is 0 Å². The first-order valence-corrected chi connectivity index (χ1v) is 7.69. The second-order valence-corrected chi connectivity index (χ2v) is 6.28. The van der Waals surface area contributed by atoms with Crippen LogP contribution in [-0.4, -0.2) is 4.57 Å². The van der Waals surface area contributed by atoms with Crippen LogP contribution >= 0.6 is 48.8 Å². The molecule has 0 spiro atoms. The van der Waals surface area contributed by atoms with E-state index in [1.807, 2.05) is 0 Å². The Balaban J connectivity index is 0.00000180. The molecule has 2 nitrogen and oxygen atoms in total. The van der Waals surface area contributed by atoms with E-state index < -0.39 is 0 Å². The lowest BCUT2D eigenvalue weighted by molar-refractivity contribution is -0.694. The average molecular weight is 454 g/mol. The third-order valence-electron chi connectivity index (χ3n) is 3.00. The summed E-state index contributed by atoms with van der Waals surface area (Å²) < 4.78 is 6.80. The van der Waals surface area contributed by atoms with E-state index in [1.54, 1.807) is 0 Å². The van der Waals surface area contributed by atoms with Crippen LogP contribution in [0.5, 0.6) is 0 Å². The molecule has 1 aromatic heterocycles. The summed E-state index contributed by atoms with van der Waals surface area (Å²) in [5, 5.41) is 0. The number of imidazole rings is 1. The second-order valence-electron chi connectivity index (χ2n) is 4.44. The highest BCUT2D eigenvalue weighted by Gasteiger charge is 2.12. The fourth-order valence-electron chi connectivity index (χ4n) is 2.08. The summed E-state index contributed by atoms with van der Waals surface area (Å²) in [7, 11) is 0. The molecule has 0 saturated heterocycles. The first-order valence-electron chi connectivity index (χ1n) is 6.10. The third-order valence-corrected chi connectivity index (χ3v) is 3.91. The van der Waals surface area contributed by atoms with Crippen molar-refractivity contribution in [1.29, 1.82) is 0 Å². The molecule has 1 heterocycles. The van der Waals surface area contributed by atoms with Gasteiger partial charge in [-0.15, -0.1) is 17.0 Å². The molecule has 1 aromatic carbocycles. The number of benzene rings is 1. The minimum atomic E-state index is 0. The minimum absolute atomic E-state index is 0. The fraction of sp³-hybridized carbons (Fsp3) is 0.357. The maximum absolute atomic E-state index is 3.53. The molecule has 0 aliphatic rings. The summed E-state index contributed by atoms with van der Waals surface area (Å²) in [6.45, 7) is 6.36. The van der Waals surface area contributed by atoms with Gasteiger partial charge < -0.3 is 0 Å². The molecule has 2 aromatic rings. The average Bonchev–Trinajstić information content (AvgIpc) is 2.61. The van der Waals surface area contributed by atoms with Gasteiger partial charge in [-0.3, -0.25) is 0 Å². The second kappa shape index (κ2) is 7.60. The predicted molar refractivity (Wildman–Crippen MR) is 90.9 cm³/mol. The van der Waals surface area contributed by atoms with E-state index in [0.29, 0.717) is 0 Å². The molecule has 0 radical (unpaired) electrons. The van der Waals surface area contributed by atoms with Gasteiger partial charge in [-0.05, 0) is 30.2 Å². The summed E-state index contributed by atoms with van der Waals surface area (Å²) in [5.41, 5.74) is 1.29. The molecule has 19 heavy (non-hydrogen) atoms. The van der Waals surface area contributed by atoms with Crippen molar-refractivity contribution in [1.82, 2.24) is 4.57 Å². The van der Waals surface area contributed by atoms with Gasteiger partial charge in [0, 0.05) is 15.9 Å². The predicted octanol–water partition coefficient (Wildman–Crippen LogP) is 4.65. The Labute approximate surface area is 141 Å². The lowest BCUT2D eigenvalue weighted by Crippen LogP contribution is -2.36. The number of hydrogen-bond acceptors (Lipinski definition) is 0. The summed E-state index contributed by atoms with van der Waals surface area (Å²) in [5.74, 6) is 1.30. The zero-order chi connectivity index (χ0) is 13.1. The van der Waals surface area contributed by atoms with Gasteiger partial charge in [-0.2, -0.15) is 0 Å². The highest BCUT2D eigenvalue weighted by atomic mass is 79.9. The van der Waals surface area contributed by atoms with Crippen molar-refractivity contribution in [2.75, 3.05) is 0 Å². The minimum Gasteiger partial charge on any atom is -0.234 e. The Hall–Kier alpha value is -0.130. The first kappa shape index (κ1) is 16.9. The van der Waals surface area contributed by atoms with E-state index >= 15 is 0 Å². The maximum atomic E-state index is 3.53. The molecule has 104 valence electrons. The highest BCUT2D eigenvalue weighted by molar-refractivity contribution is 9.11. The highest BCUT2D eigenvalue weighted by Crippen LogP contribution is 2.20. The van der Waals surface area contributed by atoms with Crippen LogP contribution in [0, 0.1) is 6.92 Å². The van der Waals surface area contributed by atoms with E-state index in [9.17, 15) is 0 Å². The van der Waals surface area contributed by atoms with E-state index in [2.05, 4.69) is 85.4 Å². The van der Waals surface area contributed by atoms with Crippen molar-refractivity contribution >= 4 is 48.8 Å². The van der Waals surface area contributed by atoms with Crippen LogP contribution in [-0.2, 0) is 13.1 Å². The van der Waals surface area contributed by atoms with Crippen LogP contribution in [0.25, 0.3) is 0 Å². The van der Waals surface area contributed by atoms with E-state index in [0.717, 1.165) is 28.5 Å². The molecule has 0 amide bonds. The number of halogens is 3. The van der Waals surface area contributed by atoms with Crippen molar-refractivity contribution in [3.05, 3.63) is 50.9 Å². The molecule has 0 aliphatic heterocycles. The molecule has 0 saturated carbocycles. The van der Waals surface area contributed by atoms with Crippen LogP contribution in [0.3, 0.4) is 0 Å². The number of rotatable bonds is 4. The molecule has 0 fully saturated rings. The van der Waals surface area contributed by atoms with Gasteiger partial charge in [-0.25, -0.2) is 9.13 Å². The van der Waals surface area contributed by atoms with Gasteiger partial charge in [-0.1, -0.05) is 38.8 Å². The number of nitrogens with zero attached hydrogens (tertiary/aromatic N) is 2. The summed E-state index contributed by atoms with van der Waals surface area (Å²) in [4.78, 5) is 0. The van der Waals surface area contributed by atoms with Crippen LogP contribution < -0.4 is 4.57 Å². The van der Waals surface area contributed by atoms with E-state index in [1.165, 1.54) is 11.4 Å². The third kappa shape index (κ3) is 4.43. The van der Waals surface area contributed by atoms with Gasteiger partial charge in [0.05, 0.1) is 6.54 Å². The van der Waals surface area contributed by atoms with Crippen molar-refractivity contribution < 1.29 is 4.57 Å². The van der Waals surface area contributed by atoms with Crippen LogP contribution in [0.2, 0.25) is 0 Å². The smallest absolute Gasteiger partial charge is 0.234 e. The monoisotopic (exact) mass is 451 g/mol. The van der Waals surface area contributed by atoms with Crippen molar-refractivity contribution in [2.24, 2.45) is 0 Å². The molecule has 0 bridgehead atoms. The van der Waals surface area contributed by atoms with Gasteiger partial charge in [0.25, 0.3) is 5.82 Å². The SMILES string of the molecule is Br.CCCn1cc[n+](Cc2cc(Br)cc(Br)c2)c1C. The Morgan fingerprint density at radius 2 is 1.79 bits per heavy atom. The summed E-state index contributed by atoms with van der Waals surface area (Å²) in [6.07, 6.45) is 5.48. The lowest BCUT2D eigenvalue weighted by atomic mass is 10.2. The van der Waals surface area contributed by atoms with E-state index in [4.69, 9.17) is 0 Å². The van der Waals surface area contributed by atoms with Gasteiger partial charge in [0.1, 0.15) is 18.9 Å². The quantitative estimate of drug-likeness (QED) is 0.596. The normalized spacial score (nSPS) is 10.3. The largest absolute Gasteiger partial charge is 0.253 e. The Kier molecular flexibility index (Phi) is 6.77. The van der Waals surface area contributed by atoms with Crippen LogP contribution in [0.15, 0.2) is 39.5 Å². The van der Waals surface area contributed by atoms with Crippen molar-refractivity contribution in [3.63, 3.8) is 0 Å². The van der Waals surface area contributed by atoms with Gasteiger partial charge in [0.15, 0.2) is 0 Å². The molecule has 0 N–H and O–H groups in total. The Morgan fingerprint density at radius 3 is 2.37 bits per heavy atom. The zero-order valence-corrected chi connectivity index (χ0v) is 16.0. The molecule has 5 heteroatoms. The molecule has 2 rings (SSSR count). The summed E-state index contributed by atoms with van der Waals surface area (Å²) >= 11 is 7.06. The number of hydrogen-bond donors (Lipinski definition) is 0. The lowest BCUT2D eigenvalue weighted by Gasteiger charge is -2.03. The van der Waals surface area contributed by atoms with Crippen molar-refractivity contribution in [2.45, 2.75) is 33.4 Å². The van der Waals surface area contributed by atoms with Crippen molar-refractivity contribution in [3.8, 4) is 0 Å². The molecule has 0 unspecified atom stereocenters. The van der Waals surface area contributed by atoms with Crippen LogP contribution in [0.4, 0.5) is 0 Å². The zero-order valence-electron chi connectivity index (χ0n) is 11.1. The summed E-state index contributed by atoms with van der Waals surface area (Å²) in [6, 6.07) is 6.38. The fourth-order valence-corrected chi connectivity index (χ4v) is 3.47. The molecule has 0 aliphatic carbocycles.